The number of nitrogens with one attached hydrogen (secondary N) is 2. The summed E-state index contributed by atoms with van der Waals surface area (Å²) in [5.41, 5.74) is 5.62. The summed E-state index contributed by atoms with van der Waals surface area (Å²) in [6.45, 7) is 3.32. The minimum absolute atomic E-state index is 0. The summed E-state index contributed by atoms with van der Waals surface area (Å²) in [6, 6.07) is 3.20. The predicted molar refractivity (Wildman–Crippen MR) is 83.1 cm³/mol. The Hall–Kier alpha value is -1.37. The number of hydrogen-bond acceptors (Lipinski definition) is 3. The Labute approximate surface area is 133 Å². The zero-order chi connectivity index (χ0) is 15.3. The van der Waals surface area contributed by atoms with Gasteiger partial charge in [0.15, 0.2) is 0 Å². The van der Waals surface area contributed by atoms with Gasteiger partial charge in [-0.15, -0.1) is 12.4 Å². The van der Waals surface area contributed by atoms with E-state index < -0.39 is 23.7 Å². The van der Waals surface area contributed by atoms with Gasteiger partial charge in [0.1, 0.15) is 5.82 Å². The molecule has 5 nitrogen and oxygen atoms in total. The van der Waals surface area contributed by atoms with Gasteiger partial charge in [0.05, 0.1) is 18.3 Å². The number of rotatable bonds is 5. The molecule has 1 rings (SSSR count). The van der Waals surface area contributed by atoms with Crippen LogP contribution in [-0.4, -0.2) is 24.4 Å². The van der Waals surface area contributed by atoms with Gasteiger partial charge in [-0.3, -0.25) is 9.59 Å². The van der Waals surface area contributed by atoms with Gasteiger partial charge < -0.3 is 16.4 Å². The fourth-order valence-corrected chi connectivity index (χ4v) is 1.53. The first kappa shape index (κ1) is 19.6. The molecule has 8 heteroatoms. The molecular weight excluding hydrogens is 320 g/mol. The first-order valence-corrected chi connectivity index (χ1v) is 6.47. The van der Waals surface area contributed by atoms with E-state index >= 15 is 0 Å². The number of halogens is 3. The molecule has 2 amide bonds. The van der Waals surface area contributed by atoms with Crippen molar-refractivity contribution in [3.8, 4) is 0 Å². The van der Waals surface area contributed by atoms with Gasteiger partial charge in [0.25, 0.3) is 0 Å². The van der Waals surface area contributed by atoms with E-state index in [-0.39, 0.29) is 35.6 Å². The van der Waals surface area contributed by atoms with Gasteiger partial charge in [0, 0.05) is 5.02 Å². The molecule has 118 valence electrons. The highest BCUT2D eigenvalue weighted by Gasteiger charge is 2.17. The van der Waals surface area contributed by atoms with Crippen molar-refractivity contribution in [1.82, 2.24) is 5.32 Å². The molecule has 1 aromatic carbocycles. The Morgan fingerprint density at radius 2 is 2.00 bits per heavy atom. The van der Waals surface area contributed by atoms with E-state index in [2.05, 4.69) is 10.6 Å². The average Bonchev–Trinajstić information content (AvgIpc) is 2.38. The Bertz CT molecular complexity index is 512. The van der Waals surface area contributed by atoms with Crippen LogP contribution in [0.3, 0.4) is 0 Å². The average molecular weight is 338 g/mol. The van der Waals surface area contributed by atoms with Crippen molar-refractivity contribution in [3.05, 3.63) is 29.0 Å². The van der Waals surface area contributed by atoms with E-state index in [0.29, 0.717) is 0 Å². The predicted octanol–water partition coefficient (Wildman–Crippen LogP) is 1.94. The second-order valence-corrected chi connectivity index (χ2v) is 5.10. The van der Waals surface area contributed by atoms with Crippen LogP contribution >= 0.6 is 24.0 Å². The summed E-state index contributed by atoms with van der Waals surface area (Å²) >= 11 is 5.60. The molecule has 0 aromatic heterocycles. The zero-order valence-corrected chi connectivity index (χ0v) is 13.2. The number of benzene rings is 1. The lowest BCUT2D eigenvalue weighted by molar-refractivity contribution is -0.125. The smallest absolute Gasteiger partial charge is 0.243 e. The summed E-state index contributed by atoms with van der Waals surface area (Å²) in [6.07, 6.45) is 0. The summed E-state index contributed by atoms with van der Waals surface area (Å²) in [5, 5.41) is 4.96. The van der Waals surface area contributed by atoms with Crippen LogP contribution in [0.25, 0.3) is 0 Å². The molecule has 21 heavy (non-hydrogen) atoms. The van der Waals surface area contributed by atoms with Gasteiger partial charge in [-0.1, -0.05) is 25.4 Å². The van der Waals surface area contributed by atoms with Crippen LogP contribution in [0.4, 0.5) is 10.1 Å². The summed E-state index contributed by atoms with van der Waals surface area (Å²) in [5.74, 6) is -1.65. The van der Waals surface area contributed by atoms with Crippen LogP contribution in [0.15, 0.2) is 18.2 Å². The molecule has 1 aromatic rings. The maximum atomic E-state index is 13.4. The number of amides is 2. The van der Waals surface area contributed by atoms with Crippen LogP contribution in [0.5, 0.6) is 0 Å². The molecule has 0 bridgehead atoms. The largest absolute Gasteiger partial charge is 0.346 e. The third kappa shape index (κ3) is 6.29. The normalized spacial score (nSPS) is 11.5. The Kier molecular flexibility index (Phi) is 8.24. The van der Waals surface area contributed by atoms with Gasteiger partial charge in [-0.25, -0.2) is 4.39 Å². The van der Waals surface area contributed by atoms with Crippen molar-refractivity contribution in [2.75, 3.05) is 11.9 Å². The summed E-state index contributed by atoms with van der Waals surface area (Å²) < 4.78 is 13.4. The first-order chi connectivity index (χ1) is 9.31. The molecule has 0 radical (unpaired) electrons. The van der Waals surface area contributed by atoms with Gasteiger partial charge in [-0.2, -0.15) is 0 Å². The lowest BCUT2D eigenvalue weighted by Gasteiger charge is -2.15. The minimum Gasteiger partial charge on any atom is -0.346 e. The number of carbonyl (C=O) groups excluding carboxylic acids is 2. The fourth-order valence-electron chi connectivity index (χ4n) is 1.37. The summed E-state index contributed by atoms with van der Waals surface area (Å²) in [4.78, 5) is 23.1. The summed E-state index contributed by atoms with van der Waals surface area (Å²) in [7, 11) is 0. The standard InChI is InChI=1S/C13H17ClFN3O2.ClH/c1-7(2)12(16)13(20)17-6-11(19)18-10-4-3-8(14)5-9(10)15;/h3-5,7,12H,6,16H2,1-2H3,(H,17,20)(H,18,19);1H/t12-;/m0./s1. The molecule has 0 saturated carbocycles. The van der Waals surface area contributed by atoms with Crippen LogP contribution in [0, 0.1) is 11.7 Å². The number of anilines is 1. The zero-order valence-electron chi connectivity index (χ0n) is 11.7. The highest BCUT2D eigenvalue weighted by atomic mass is 35.5. The van der Waals surface area contributed by atoms with Crippen molar-refractivity contribution < 1.29 is 14.0 Å². The maximum Gasteiger partial charge on any atom is 0.243 e. The molecule has 0 fully saturated rings. The third-order valence-electron chi connectivity index (χ3n) is 2.65. The van der Waals surface area contributed by atoms with Crippen LogP contribution in [-0.2, 0) is 9.59 Å². The third-order valence-corrected chi connectivity index (χ3v) is 2.88. The van der Waals surface area contributed by atoms with E-state index in [1.165, 1.54) is 12.1 Å². The second kappa shape index (κ2) is 8.81. The van der Waals surface area contributed by atoms with Gasteiger partial charge in [-0.05, 0) is 24.1 Å². The van der Waals surface area contributed by atoms with Crippen LogP contribution < -0.4 is 16.4 Å². The highest BCUT2D eigenvalue weighted by molar-refractivity contribution is 6.30. The molecule has 0 aliphatic heterocycles. The molecular formula is C13H18Cl2FN3O2. The van der Waals surface area contributed by atoms with E-state index in [1.54, 1.807) is 13.8 Å². The lowest BCUT2D eigenvalue weighted by Crippen LogP contribution is -2.46. The lowest BCUT2D eigenvalue weighted by atomic mass is 10.1. The van der Waals surface area contributed by atoms with Crippen LogP contribution in [0.2, 0.25) is 5.02 Å². The van der Waals surface area contributed by atoms with Crippen molar-refractivity contribution >= 4 is 41.5 Å². The number of nitrogens with two attached hydrogens (primary N) is 1. The molecule has 0 heterocycles. The second-order valence-electron chi connectivity index (χ2n) is 4.66. The first-order valence-electron chi connectivity index (χ1n) is 6.09. The fraction of sp³-hybridized carbons (Fsp3) is 0.385. The molecule has 0 aliphatic rings. The molecule has 0 unspecified atom stereocenters. The van der Waals surface area contributed by atoms with E-state index in [9.17, 15) is 14.0 Å². The Balaban J connectivity index is 0.00000400. The van der Waals surface area contributed by atoms with Crippen molar-refractivity contribution in [1.29, 1.82) is 0 Å². The van der Waals surface area contributed by atoms with Crippen molar-refractivity contribution in [2.45, 2.75) is 19.9 Å². The van der Waals surface area contributed by atoms with Crippen molar-refractivity contribution in [3.63, 3.8) is 0 Å². The quantitative estimate of drug-likeness (QED) is 0.767. The minimum atomic E-state index is -0.685. The SMILES string of the molecule is CC(C)[C@H](N)C(=O)NCC(=O)Nc1ccc(Cl)cc1F.Cl. The Morgan fingerprint density at radius 1 is 1.38 bits per heavy atom. The molecule has 4 N–H and O–H groups in total. The van der Waals surface area contributed by atoms with Gasteiger partial charge in [0.2, 0.25) is 11.8 Å². The van der Waals surface area contributed by atoms with E-state index in [4.69, 9.17) is 17.3 Å². The number of carbonyl (C=O) groups is 2. The van der Waals surface area contributed by atoms with Crippen LogP contribution in [0.1, 0.15) is 13.8 Å². The topological polar surface area (TPSA) is 84.2 Å². The monoisotopic (exact) mass is 337 g/mol. The molecule has 0 spiro atoms. The van der Waals surface area contributed by atoms with Crippen molar-refractivity contribution in [2.24, 2.45) is 11.7 Å². The number of hydrogen-bond donors (Lipinski definition) is 3. The van der Waals surface area contributed by atoms with Gasteiger partial charge >= 0.3 is 0 Å². The Morgan fingerprint density at radius 3 is 2.52 bits per heavy atom. The van der Waals surface area contributed by atoms with E-state index in [1.807, 2.05) is 0 Å². The van der Waals surface area contributed by atoms with E-state index in [0.717, 1.165) is 6.07 Å². The maximum absolute atomic E-state index is 13.4. The molecule has 0 aliphatic carbocycles. The molecule has 1 atom stereocenters. The molecule has 0 saturated heterocycles. The highest BCUT2D eigenvalue weighted by Crippen LogP contribution is 2.18.